The summed E-state index contributed by atoms with van der Waals surface area (Å²) in [7, 11) is -3.48. The van der Waals surface area contributed by atoms with Gasteiger partial charge in [-0.1, -0.05) is 42.5 Å². The van der Waals surface area contributed by atoms with Crippen LogP contribution < -0.4 is 14.8 Å². The van der Waals surface area contributed by atoms with Crippen molar-refractivity contribution in [3.63, 3.8) is 0 Å². The van der Waals surface area contributed by atoms with Crippen molar-refractivity contribution in [2.75, 3.05) is 13.1 Å². The third-order valence-corrected chi connectivity index (χ3v) is 5.09. The summed E-state index contributed by atoms with van der Waals surface area (Å²) in [5.41, 5.74) is 0.975. The van der Waals surface area contributed by atoms with Gasteiger partial charge in [0.25, 0.3) is 10.2 Å². The fraction of sp³-hybridized carbons (Fsp3) is 0.375. The molecule has 0 saturated carbocycles. The number of benzene rings is 2. The molecule has 1 saturated heterocycles. The van der Waals surface area contributed by atoms with Crippen LogP contribution >= 0.6 is 0 Å². The van der Waals surface area contributed by atoms with E-state index in [1.807, 2.05) is 42.5 Å². The highest BCUT2D eigenvalue weighted by Crippen LogP contribution is 2.18. The third-order valence-electron chi connectivity index (χ3n) is 4.01. The molecule has 1 fully saturated rings. The van der Waals surface area contributed by atoms with Crippen molar-refractivity contribution in [1.82, 2.24) is 14.8 Å². The van der Waals surface area contributed by atoms with Crippen molar-refractivity contribution < 1.29 is 8.42 Å². The van der Waals surface area contributed by atoms with E-state index >= 15 is 0 Å². The van der Waals surface area contributed by atoms with Crippen LogP contribution in [0.15, 0.2) is 42.5 Å². The Morgan fingerprint density at radius 1 is 1.09 bits per heavy atom. The number of rotatable bonds is 6. The predicted molar refractivity (Wildman–Crippen MR) is 88.7 cm³/mol. The highest BCUT2D eigenvalue weighted by Gasteiger charge is 2.17. The van der Waals surface area contributed by atoms with Crippen LogP contribution in [0.25, 0.3) is 10.8 Å². The first-order valence-electron chi connectivity index (χ1n) is 7.58. The van der Waals surface area contributed by atoms with Gasteiger partial charge < -0.3 is 5.32 Å². The van der Waals surface area contributed by atoms with Crippen molar-refractivity contribution in [3.8, 4) is 0 Å². The summed E-state index contributed by atoms with van der Waals surface area (Å²) in [5, 5.41) is 5.46. The summed E-state index contributed by atoms with van der Waals surface area (Å²) in [4.78, 5) is 0. The zero-order valence-electron chi connectivity index (χ0n) is 12.4. The Balaban J connectivity index is 1.62. The minimum atomic E-state index is -3.48. The molecule has 0 radical (unpaired) electrons. The lowest BCUT2D eigenvalue weighted by atomic mass is 10.1. The Kier molecular flexibility index (Phi) is 4.73. The van der Waals surface area contributed by atoms with E-state index < -0.39 is 10.2 Å². The molecule has 0 unspecified atom stereocenters. The van der Waals surface area contributed by atoms with E-state index in [0.29, 0.717) is 6.54 Å². The molecule has 0 amide bonds. The molecule has 3 N–H and O–H groups in total. The van der Waals surface area contributed by atoms with E-state index in [1.54, 1.807) is 0 Å². The average molecular weight is 319 g/mol. The molecule has 2 aromatic carbocycles. The van der Waals surface area contributed by atoms with Crippen molar-refractivity contribution in [2.45, 2.75) is 25.4 Å². The van der Waals surface area contributed by atoms with Gasteiger partial charge in [-0.05, 0) is 35.7 Å². The van der Waals surface area contributed by atoms with Gasteiger partial charge in [0.05, 0.1) is 0 Å². The van der Waals surface area contributed by atoms with E-state index in [-0.39, 0.29) is 12.6 Å². The van der Waals surface area contributed by atoms with Gasteiger partial charge in [-0.25, -0.2) is 4.72 Å². The average Bonchev–Trinajstić information content (AvgIpc) is 3.05. The standard InChI is InChI=1S/C16H21N3O2S/c20-22(21,19-12-15-8-4-10-17-15)18-11-14-7-3-6-13-5-1-2-9-16(13)14/h1-3,5-7,9,15,17-19H,4,8,10-12H2/t15-/m0/s1. The third kappa shape index (κ3) is 3.84. The molecule has 3 rings (SSSR count). The molecular formula is C16H21N3O2S. The van der Waals surface area contributed by atoms with Crippen LogP contribution in [-0.2, 0) is 16.8 Å². The SMILES string of the molecule is O=S(=O)(NCc1cccc2ccccc12)NC[C@@H]1CCCN1. The minimum absolute atomic E-state index is 0.245. The maximum Gasteiger partial charge on any atom is 0.277 e. The quantitative estimate of drug-likeness (QED) is 0.756. The lowest BCUT2D eigenvalue weighted by Gasteiger charge is -2.13. The van der Waals surface area contributed by atoms with Crippen LogP contribution in [0.4, 0.5) is 0 Å². The number of hydrogen-bond donors (Lipinski definition) is 3. The minimum Gasteiger partial charge on any atom is -0.313 e. The lowest BCUT2D eigenvalue weighted by molar-refractivity contribution is 0.541. The molecule has 0 spiro atoms. The molecule has 1 aliphatic rings. The largest absolute Gasteiger partial charge is 0.313 e. The molecule has 2 aromatic rings. The van der Waals surface area contributed by atoms with Gasteiger partial charge in [0.1, 0.15) is 0 Å². The molecule has 1 heterocycles. The molecule has 5 nitrogen and oxygen atoms in total. The maximum atomic E-state index is 12.0. The van der Waals surface area contributed by atoms with Crippen LogP contribution in [0.3, 0.4) is 0 Å². The second-order valence-corrected chi connectivity index (χ2v) is 7.19. The highest BCUT2D eigenvalue weighted by atomic mass is 32.2. The summed E-state index contributed by atoms with van der Waals surface area (Å²) in [6.07, 6.45) is 2.13. The van der Waals surface area contributed by atoms with E-state index in [1.165, 1.54) is 0 Å². The number of nitrogens with one attached hydrogen (secondary N) is 3. The van der Waals surface area contributed by atoms with Crippen LogP contribution in [0, 0.1) is 0 Å². The topological polar surface area (TPSA) is 70.2 Å². The summed E-state index contributed by atoms with van der Waals surface area (Å²) in [5.74, 6) is 0. The normalized spacial score (nSPS) is 18.8. The smallest absolute Gasteiger partial charge is 0.277 e. The second kappa shape index (κ2) is 6.75. The molecule has 1 aliphatic heterocycles. The molecule has 1 atom stereocenters. The van der Waals surface area contributed by atoms with Gasteiger partial charge in [-0.15, -0.1) is 0 Å². The van der Waals surface area contributed by atoms with Crippen molar-refractivity contribution in [1.29, 1.82) is 0 Å². The summed E-state index contributed by atoms with van der Waals surface area (Å²) < 4.78 is 29.3. The highest BCUT2D eigenvalue weighted by molar-refractivity contribution is 7.87. The molecule has 22 heavy (non-hydrogen) atoms. The Hall–Kier alpha value is -1.47. The van der Waals surface area contributed by atoms with Gasteiger partial charge in [0, 0.05) is 19.1 Å². The van der Waals surface area contributed by atoms with Gasteiger partial charge in [0.15, 0.2) is 0 Å². The Labute approximate surface area is 131 Å². The van der Waals surface area contributed by atoms with Gasteiger partial charge in [0.2, 0.25) is 0 Å². The van der Waals surface area contributed by atoms with Gasteiger partial charge in [-0.3, -0.25) is 0 Å². The molecular weight excluding hydrogens is 298 g/mol. The van der Waals surface area contributed by atoms with Crippen LogP contribution in [0.1, 0.15) is 18.4 Å². The van der Waals surface area contributed by atoms with Crippen LogP contribution in [-0.4, -0.2) is 27.5 Å². The predicted octanol–water partition coefficient (Wildman–Crippen LogP) is 1.52. The fourth-order valence-electron chi connectivity index (χ4n) is 2.81. The number of fused-ring (bicyclic) bond motifs is 1. The zero-order chi connectivity index (χ0) is 15.4. The van der Waals surface area contributed by atoms with Gasteiger partial charge >= 0.3 is 0 Å². The Morgan fingerprint density at radius 3 is 2.73 bits per heavy atom. The van der Waals surface area contributed by atoms with Crippen molar-refractivity contribution in [2.24, 2.45) is 0 Å². The van der Waals surface area contributed by atoms with Crippen LogP contribution in [0.5, 0.6) is 0 Å². The molecule has 118 valence electrons. The second-order valence-electron chi connectivity index (χ2n) is 5.60. The fourth-order valence-corrected chi connectivity index (χ4v) is 3.68. The van der Waals surface area contributed by atoms with Crippen molar-refractivity contribution in [3.05, 3.63) is 48.0 Å². The number of hydrogen-bond acceptors (Lipinski definition) is 3. The molecule has 0 aromatic heterocycles. The molecule has 0 bridgehead atoms. The van der Waals surface area contributed by atoms with E-state index in [0.717, 1.165) is 35.7 Å². The van der Waals surface area contributed by atoms with E-state index in [9.17, 15) is 8.42 Å². The Bertz CT molecular complexity index is 735. The first-order valence-corrected chi connectivity index (χ1v) is 9.07. The summed E-state index contributed by atoms with van der Waals surface area (Å²) in [6.45, 7) is 1.69. The van der Waals surface area contributed by atoms with Crippen LogP contribution in [0.2, 0.25) is 0 Å². The maximum absolute atomic E-state index is 12.0. The first-order chi connectivity index (χ1) is 10.6. The monoisotopic (exact) mass is 319 g/mol. The Morgan fingerprint density at radius 2 is 1.91 bits per heavy atom. The first kappa shape index (κ1) is 15.4. The van der Waals surface area contributed by atoms with E-state index in [4.69, 9.17) is 0 Å². The summed E-state index contributed by atoms with van der Waals surface area (Å²) in [6, 6.07) is 14.1. The summed E-state index contributed by atoms with van der Waals surface area (Å²) >= 11 is 0. The molecule has 6 heteroatoms. The lowest BCUT2D eigenvalue weighted by Crippen LogP contribution is -2.42. The zero-order valence-corrected chi connectivity index (χ0v) is 13.2. The van der Waals surface area contributed by atoms with Crippen molar-refractivity contribution >= 4 is 21.0 Å². The van der Waals surface area contributed by atoms with Gasteiger partial charge in [-0.2, -0.15) is 13.1 Å². The molecule has 0 aliphatic carbocycles. The van der Waals surface area contributed by atoms with E-state index in [2.05, 4.69) is 14.8 Å².